The van der Waals surface area contributed by atoms with Crippen LogP contribution in [0.2, 0.25) is 0 Å². The van der Waals surface area contributed by atoms with Crippen LogP contribution >= 0.6 is 0 Å². The molecule has 1 amide bonds. The lowest BCUT2D eigenvalue weighted by molar-refractivity contribution is -0.351. The number of carbonyl (C=O) groups excluding carboxylic acids is 6. The van der Waals surface area contributed by atoms with E-state index in [1.54, 1.807) is 113 Å². The maximum Gasteiger partial charge on any atom is 0.338 e. The number of fused-ring (bicyclic) bond motifs is 5. The number of esters is 4. The first-order valence-electron chi connectivity index (χ1n) is 22.0. The predicted molar refractivity (Wildman–Crippen MR) is 233 cm³/mol. The van der Waals surface area contributed by atoms with Crippen LogP contribution in [-0.2, 0) is 52.3 Å². The van der Waals surface area contributed by atoms with Gasteiger partial charge in [0.2, 0.25) is 0 Å². The normalized spacial score (nSPS) is 30.7. The average molecular weight is 912 g/mol. The number of hydrogen-bond acceptors (Lipinski definition) is 15. The fourth-order valence-corrected chi connectivity index (χ4v) is 10.6. The number of hydrogen-bond donors (Lipinski definition) is 3. The van der Waals surface area contributed by atoms with Crippen molar-refractivity contribution in [3.05, 3.63) is 119 Å². The van der Waals surface area contributed by atoms with Crippen molar-refractivity contribution < 1.29 is 72.1 Å². The number of ketones is 1. The number of benzene rings is 3. The van der Waals surface area contributed by atoms with E-state index in [0.717, 1.165) is 6.92 Å². The van der Waals surface area contributed by atoms with Crippen molar-refractivity contribution in [2.24, 2.45) is 16.7 Å². The van der Waals surface area contributed by atoms with Crippen LogP contribution in [0.3, 0.4) is 0 Å². The third-order valence-electron chi connectivity index (χ3n) is 14.0. The van der Waals surface area contributed by atoms with Gasteiger partial charge in [0.25, 0.3) is 5.91 Å². The highest BCUT2D eigenvalue weighted by molar-refractivity contribution is 5.96. The van der Waals surface area contributed by atoms with E-state index in [1.165, 1.54) is 19.1 Å². The van der Waals surface area contributed by atoms with Crippen LogP contribution in [0.4, 0.5) is 0 Å². The van der Waals surface area contributed by atoms with Gasteiger partial charge in [0.15, 0.2) is 23.6 Å². The van der Waals surface area contributed by atoms with E-state index < -0.39 is 113 Å². The molecule has 2 saturated carbocycles. The number of amides is 1. The second kappa shape index (κ2) is 18.8. The number of carbonyl (C=O) groups is 6. The quantitative estimate of drug-likeness (QED) is 0.0653. The Balaban J connectivity index is 1.41. The minimum Gasteiger partial charge on any atom is -0.456 e. The number of Topliss-reactive ketones (excluding diaryl/α,β-unsaturated/α-hetero) is 1. The molecule has 1 heterocycles. The van der Waals surface area contributed by atoms with Gasteiger partial charge in [-0.3, -0.25) is 19.2 Å². The Hall–Kier alpha value is -5.78. The van der Waals surface area contributed by atoms with E-state index in [1.807, 2.05) is 0 Å². The second-order valence-electron chi connectivity index (χ2n) is 18.1. The van der Waals surface area contributed by atoms with Crippen molar-refractivity contribution in [2.45, 2.75) is 115 Å². The zero-order valence-electron chi connectivity index (χ0n) is 38.0. The minimum absolute atomic E-state index is 0.0212. The van der Waals surface area contributed by atoms with E-state index in [0.29, 0.717) is 5.56 Å². The van der Waals surface area contributed by atoms with Crippen LogP contribution in [0.25, 0.3) is 0 Å². The van der Waals surface area contributed by atoms with Crippen molar-refractivity contribution >= 4 is 35.6 Å². The number of aliphatic hydroxyl groups excluding tert-OH is 1. The summed E-state index contributed by atoms with van der Waals surface area (Å²) in [6, 6.07) is 23.1. The molecule has 11 atom stereocenters. The molecule has 352 valence electrons. The highest BCUT2D eigenvalue weighted by Gasteiger charge is 2.78. The summed E-state index contributed by atoms with van der Waals surface area (Å²) >= 11 is 0. The smallest absolute Gasteiger partial charge is 0.338 e. The summed E-state index contributed by atoms with van der Waals surface area (Å²) in [7, 11) is 0. The maximum atomic E-state index is 16.0. The molecule has 3 fully saturated rings. The lowest BCUT2D eigenvalue weighted by atomic mass is 9.44. The Labute approximate surface area is 382 Å². The predicted octanol–water partition coefficient (Wildman–Crippen LogP) is 4.75. The largest absolute Gasteiger partial charge is 0.456 e. The number of aliphatic hydroxyl groups is 2. The molecule has 3 aliphatic carbocycles. The van der Waals surface area contributed by atoms with Crippen molar-refractivity contribution in [2.75, 3.05) is 20.0 Å². The summed E-state index contributed by atoms with van der Waals surface area (Å²) in [6.07, 6.45) is -9.69. The zero-order chi connectivity index (χ0) is 47.8. The number of nitrogens with one attached hydrogen (secondary N) is 1. The molecule has 7 rings (SSSR count). The Bertz CT molecular complexity index is 2350. The van der Waals surface area contributed by atoms with Gasteiger partial charge in [0.05, 0.1) is 35.6 Å². The highest BCUT2D eigenvalue weighted by atomic mass is 16.7. The third-order valence-corrected chi connectivity index (χ3v) is 14.0. The summed E-state index contributed by atoms with van der Waals surface area (Å²) in [6.45, 7) is 10.0. The molecule has 16 nitrogen and oxygen atoms in total. The van der Waals surface area contributed by atoms with Crippen LogP contribution in [0.5, 0.6) is 0 Å². The van der Waals surface area contributed by atoms with Gasteiger partial charge in [-0.05, 0) is 61.7 Å². The number of rotatable bonds is 14. The summed E-state index contributed by atoms with van der Waals surface area (Å²) in [4.78, 5) is 84.8. The molecule has 3 aromatic carbocycles. The topological polar surface area (TPSA) is 220 Å². The van der Waals surface area contributed by atoms with Crippen molar-refractivity contribution in [1.29, 1.82) is 0 Å². The Morgan fingerprint density at radius 1 is 0.848 bits per heavy atom. The molecule has 2 bridgehead atoms. The molecule has 0 spiro atoms. The van der Waals surface area contributed by atoms with Gasteiger partial charge >= 0.3 is 23.9 Å². The molecule has 0 aromatic heterocycles. The summed E-state index contributed by atoms with van der Waals surface area (Å²) in [5.74, 6) is -6.55. The first-order valence-corrected chi connectivity index (χ1v) is 22.0. The number of ether oxygens (including phenoxy) is 7. The molecule has 1 saturated heterocycles. The molecule has 0 radical (unpaired) electrons. The van der Waals surface area contributed by atoms with E-state index in [4.69, 9.17) is 33.2 Å². The van der Waals surface area contributed by atoms with Crippen LogP contribution in [0.15, 0.2) is 102 Å². The van der Waals surface area contributed by atoms with E-state index in [-0.39, 0.29) is 48.7 Å². The molecule has 1 aliphatic heterocycles. The molecule has 3 aromatic rings. The summed E-state index contributed by atoms with van der Waals surface area (Å²) < 4.78 is 42.9. The maximum absolute atomic E-state index is 16.0. The first kappa shape index (κ1) is 48.2. The van der Waals surface area contributed by atoms with Crippen molar-refractivity contribution in [3.63, 3.8) is 0 Å². The lowest BCUT2D eigenvalue weighted by Gasteiger charge is -2.67. The Morgan fingerprint density at radius 3 is 2.02 bits per heavy atom. The van der Waals surface area contributed by atoms with Gasteiger partial charge in [-0.2, -0.15) is 0 Å². The standard InChI is InChI=1S/C50H57NO15/c1-8-60-27-62-35-24-36-49(26-61-36,66-30(4)53)41-43(65-45(57)33-22-16-11-17-23-33)50(59)25-34(28(2)37(47(50,5)6)40(63-29(3)52)42(55)48(35,41)7)64-46(58)39(54)38(31-18-12-9-13-19-31)51-44(56)32-20-14-10-15-21-32/h9-23,34-36,38-41,43,54,59H,8,24-27H2,1-7H3,(H,51,56)/t34-,35-,36+,38-,39+,40+,41?,43-,48+,49-,50+/m0/s1. The molecular weight excluding hydrogens is 855 g/mol. The molecule has 4 aliphatic rings. The zero-order valence-corrected chi connectivity index (χ0v) is 38.0. The third kappa shape index (κ3) is 8.45. The first-order chi connectivity index (χ1) is 31.3. The Morgan fingerprint density at radius 2 is 1.45 bits per heavy atom. The Kier molecular flexibility index (Phi) is 13.7. The van der Waals surface area contributed by atoms with Gasteiger partial charge in [0.1, 0.15) is 30.7 Å². The molecule has 66 heavy (non-hydrogen) atoms. The highest BCUT2D eigenvalue weighted by Crippen LogP contribution is 2.65. The van der Waals surface area contributed by atoms with Crippen molar-refractivity contribution in [1.82, 2.24) is 5.32 Å². The monoisotopic (exact) mass is 911 g/mol. The van der Waals surface area contributed by atoms with E-state index >= 15 is 4.79 Å². The van der Waals surface area contributed by atoms with Crippen LogP contribution in [-0.4, -0.2) is 114 Å². The second-order valence-corrected chi connectivity index (χ2v) is 18.1. The minimum atomic E-state index is -2.37. The van der Waals surface area contributed by atoms with E-state index in [2.05, 4.69) is 5.32 Å². The van der Waals surface area contributed by atoms with Crippen LogP contribution in [0.1, 0.15) is 93.6 Å². The fraction of sp³-hybridized carbons (Fsp3) is 0.480. The fourth-order valence-electron chi connectivity index (χ4n) is 10.6. The average Bonchev–Trinajstić information content (AvgIpc) is 3.28. The van der Waals surface area contributed by atoms with Gasteiger partial charge < -0.3 is 48.7 Å². The summed E-state index contributed by atoms with van der Waals surface area (Å²) in [5, 5.41) is 28.5. The summed E-state index contributed by atoms with van der Waals surface area (Å²) in [5.41, 5.74) is -6.70. The molecule has 3 N–H and O–H groups in total. The lowest BCUT2D eigenvalue weighted by Crippen LogP contribution is -2.82. The van der Waals surface area contributed by atoms with Crippen LogP contribution in [0, 0.1) is 16.7 Å². The van der Waals surface area contributed by atoms with E-state index in [9.17, 15) is 34.2 Å². The van der Waals surface area contributed by atoms with Gasteiger partial charge in [0, 0.05) is 44.3 Å². The SMILES string of the molecule is CCOCO[C@H]1C[C@H]2OC[C@@]2(OC(C)=O)C2[C@H](OC(=O)c3ccccc3)[C@]3(O)C[C@H](OC(=O)[C@H](O)[C@@H](NC(=O)c4ccccc4)c4ccccc4)C(C)=C([C@@H](OC(C)=O)C(=O)[C@@]21C)C3(C)C. The van der Waals surface area contributed by atoms with Gasteiger partial charge in [-0.25, -0.2) is 9.59 Å². The molecular formula is C50H57NO15. The van der Waals surface area contributed by atoms with Crippen LogP contribution < -0.4 is 5.32 Å². The molecule has 1 unspecified atom stereocenters. The van der Waals surface area contributed by atoms with Gasteiger partial charge in [-0.15, -0.1) is 0 Å². The van der Waals surface area contributed by atoms with Crippen molar-refractivity contribution in [3.8, 4) is 0 Å². The van der Waals surface area contributed by atoms with Gasteiger partial charge in [-0.1, -0.05) is 80.6 Å². The molecule has 16 heteroatoms.